The van der Waals surface area contributed by atoms with Crippen molar-refractivity contribution in [1.82, 2.24) is 0 Å². The van der Waals surface area contributed by atoms with Gasteiger partial charge in [0.05, 0.1) is 19.8 Å². The third-order valence-electron chi connectivity index (χ3n) is 3.31. The fourth-order valence-corrected chi connectivity index (χ4v) is 2.55. The van der Waals surface area contributed by atoms with Crippen molar-refractivity contribution >= 4 is 27.8 Å². The second kappa shape index (κ2) is 7.66. The molecule has 0 radical (unpaired) electrons. The van der Waals surface area contributed by atoms with Crippen molar-refractivity contribution in [1.29, 1.82) is 5.26 Å². The zero-order valence-corrected chi connectivity index (χ0v) is 14.6. The van der Waals surface area contributed by atoms with Crippen LogP contribution < -0.4 is 9.47 Å². The Hall–Kier alpha value is -2.78. The smallest absolute Gasteiger partial charge is 0.207 e. The van der Waals surface area contributed by atoms with Gasteiger partial charge in [0.1, 0.15) is 17.4 Å². The van der Waals surface area contributed by atoms with Crippen LogP contribution in [0.25, 0.3) is 6.08 Å². The molecule has 0 unspecified atom stereocenters. The number of phenolic OH excluding ortho intramolecular Hbond substituents is 1. The Morgan fingerprint density at radius 2 is 1.88 bits per heavy atom. The van der Waals surface area contributed by atoms with Gasteiger partial charge in [-0.15, -0.1) is 0 Å². The molecule has 2 aromatic carbocycles. The molecular formula is C18H14BrNO4. The Bertz CT molecular complexity index is 853. The molecule has 0 amide bonds. The molecule has 0 saturated heterocycles. The SMILES string of the molecule is COc1cc(Br)c(/C=C(\C#N)C(=O)c2ccccc2OC)cc1O. The Balaban J connectivity index is 2.49. The number of para-hydroxylation sites is 1. The molecule has 5 nitrogen and oxygen atoms in total. The van der Waals surface area contributed by atoms with Crippen molar-refractivity contribution in [2.45, 2.75) is 0 Å². The molecule has 2 rings (SSSR count). The number of rotatable bonds is 5. The predicted octanol–water partition coefficient (Wildman–Crippen LogP) is 3.96. The number of halogens is 1. The van der Waals surface area contributed by atoms with E-state index in [4.69, 9.17) is 9.47 Å². The van der Waals surface area contributed by atoms with Crippen LogP contribution in [0.4, 0.5) is 0 Å². The van der Waals surface area contributed by atoms with Gasteiger partial charge in [0, 0.05) is 4.47 Å². The first-order valence-corrected chi connectivity index (χ1v) is 7.67. The minimum Gasteiger partial charge on any atom is -0.504 e. The number of nitriles is 1. The molecule has 0 aliphatic heterocycles. The highest BCUT2D eigenvalue weighted by Gasteiger charge is 2.17. The lowest BCUT2D eigenvalue weighted by atomic mass is 10.0. The van der Waals surface area contributed by atoms with E-state index in [0.29, 0.717) is 21.3 Å². The van der Waals surface area contributed by atoms with E-state index in [9.17, 15) is 15.2 Å². The van der Waals surface area contributed by atoms with Crippen LogP contribution in [0.3, 0.4) is 0 Å². The topological polar surface area (TPSA) is 79.5 Å². The van der Waals surface area contributed by atoms with Crippen LogP contribution in [0, 0.1) is 11.3 Å². The Morgan fingerprint density at radius 1 is 1.21 bits per heavy atom. The molecule has 1 N–H and O–H groups in total. The number of ether oxygens (including phenoxy) is 2. The average molecular weight is 388 g/mol. The van der Waals surface area contributed by atoms with Crippen molar-refractivity contribution in [2.24, 2.45) is 0 Å². The molecule has 2 aromatic rings. The maximum absolute atomic E-state index is 12.6. The molecule has 0 saturated carbocycles. The third-order valence-corrected chi connectivity index (χ3v) is 4.00. The number of hydrogen-bond donors (Lipinski definition) is 1. The van der Waals surface area contributed by atoms with Crippen LogP contribution in [-0.4, -0.2) is 25.1 Å². The number of methoxy groups -OCH3 is 2. The lowest BCUT2D eigenvalue weighted by Crippen LogP contribution is -2.04. The van der Waals surface area contributed by atoms with Crippen LogP contribution in [-0.2, 0) is 0 Å². The summed E-state index contributed by atoms with van der Waals surface area (Å²) in [5.41, 5.74) is 0.694. The van der Waals surface area contributed by atoms with Crippen molar-refractivity contribution in [2.75, 3.05) is 14.2 Å². The van der Waals surface area contributed by atoms with Crippen LogP contribution in [0.5, 0.6) is 17.2 Å². The summed E-state index contributed by atoms with van der Waals surface area (Å²) < 4.78 is 10.8. The first-order chi connectivity index (χ1) is 11.5. The Morgan fingerprint density at radius 3 is 2.50 bits per heavy atom. The van der Waals surface area contributed by atoms with Gasteiger partial charge in [-0.1, -0.05) is 28.1 Å². The third kappa shape index (κ3) is 3.58. The molecule has 0 spiro atoms. The summed E-state index contributed by atoms with van der Waals surface area (Å²) in [4.78, 5) is 12.6. The highest BCUT2D eigenvalue weighted by Crippen LogP contribution is 2.34. The number of aromatic hydroxyl groups is 1. The van der Waals surface area contributed by atoms with Crippen LogP contribution in [0.15, 0.2) is 46.4 Å². The van der Waals surface area contributed by atoms with E-state index in [0.717, 1.165) is 0 Å². The van der Waals surface area contributed by atoms with Gasteiger partial charge in [-0.3, -0.25) is 4.79 Å². The zero-order chi connectivity index (χ0) is 17.7. The standard InChI is InChI=1S/C18H14BrNO4/c1-23-16-6-4-3-5-13(16)18(22)12(10-20)7-11-8-15(21)17(24-2)9-14(11)19/h3-9,21H,1-2H3/b12-7+. The molecule has 122 valence electrons. The van der Waals surface area contributed by atoms with Gasteiger partial charge in [0.2, 0.25) is 5.78 Å². The van der Waals surface area contributed by atoms with E-state index in [1.165, 1.54) is 26.4 Å². The highest BCUT2D eigenvalue weighted by molar-refractivity contribution is 9.10. The molecule has 0 bridgehead atoms. The minimum absolute atomic E-state index is 0.0789. The Kier molecular flexibility index (Phi) is 5.61. The van der Waals surface area contributed by atoms with Crippen LogP contribution >= 0.6 is 15.9 Å². The first-order valence-electron chi connectivity index (χ1n) is 6.87. The maximum Gasteiger partial charge on any atom is 0.207 e. The van der Waals surface area contributed by atoms with Crippen molar-refractivity contribution in [3.8, 4) is 23.3 Å². The second-order valence-electron chi connectivity index (χ2n) is 4.74. The lowest BCUT2D eigenvalue weighted by molar-refractivity contribution is 0.103. The van der Waals surface area contributed by atoms with Crippen molar-refractivity contribution in [3.63, 3.8) is 0 Å². The second-order valence-corrected chi connectivity index (χ2v) is 5.60. The summed E-state index contributed by atoms with van der Waals surface area (Å²) in [7, 11) is 2.89. The number of carbonyl (C=O) groups excluding carboxylic acids is 1. The quantitative estimate of drug-likeness (QED) is 0.477. The molecule has 0 heterocycles. The number of benzene rings is 2. The summed E-state index contributed by atoms with van der Waals surface area (Å²) in [5.74, 6) is 0.125. The fourth-order valence-electron chi connectivity index (χ4n) is 2.12. The molecule has 6 heteroatoms. The number of hydrogen-bond acceptors (Lipinski definition) is 5. The molecule has 0 aliphatic rings. The van der Waals surface area contributed by atoms with E-state index in [2.05, 4.69) is 15.9 Å². The van der Waals surface area contributed by atoms with Gasteiger partial charge in [0.25, 0.3) is 0 Å². The fraction of sp³-hybridized carbons (Fsp3) is 0.111. The largest absolute Gasteiger partial charge is 0.504 e. The highest BCUT2D eigenvalue weighted by atomic mass is 79.9. The number of phenols is 1. The number of carbonyl (C=O) groups is 1. The lowest BCUT2D eigenvalue weighted by Gasteiger charge is -2.08. The van der Waals surface area contributed by atoms with Gasteiger partial charge < -0.3 is 14.6 Å². The van der Waals surface area contributed by atoms with E-state index in [1.807, 2.05) is 6.07 Å². The van der Waals surface area contributed by atoms with Crippen LogP contribution in [0.2, 0.25) is 0 Å². The number of ketones is 1. The van der Waals surface area contributed by atoms with Gasteiger partial charge in [-0.25, -0.2) is 0 Å². The number of allylic oxidation sites excluding steroid dienone is 1. The Labute approximate surface area is 147 Å². The van der Waals surface area contributed by atoms with Crippen molar-refractivity contribution in [3.05, 3.63) is 57.6 Å². The van der Waals surface area contributed by atoms with Gasteiger partial charge >= 0.3 is 0 Å². The summed E-state index contributed by atoms with van der Waals surface area (Å²) >= 11 is 3.33. The molecule has 24 heavy (non-hydrogen) atoms. The molecule has 0 aliphatic carbocycles. The summed E-state index contributed by atoms with van der Waals surface area (Å²) in [6, 6.07) is 11.5. The van der Waals surface area contributed by atoms with E-state index in [-0.39, 0.29) is 17.1 Å². The van der Waals surface area contributed by atoms with E-state index in [1.54, 1.807) is 30.3 Å². The molecule has 0 fully saturated rings. The first kappa shape index (κ1) is 17.6. The maximum atomic E-state index is 12.6. The van der Waals surface area contributed by atoms with Gasteiger partial charge in [0.15, 0.2) is 11.5 Å². The average Bonchev–Trinajstić information content (AvgIpc) is 2.61. The summed E-state index contributed by atoms with van der Waals surface area (Å²) in [5, 5.41) is 19.2. The van der Waals surface area contributed by atoms with E-state index >= 15 is 0 Å². The van der Waals surface area contributed by atoms with Crippen molar-refractivity contribution < 1.29 is 19.4 Å². The molecular weight excluding hydrogens is 374 g/mol. The zero-order valence-electron chi connectivity index (χ0n) is 13.0. The van der Waals surface area contributed by atoms with Gasteiger partial charge in [-0.05, 0) is 35.9 Å². The number of nitrogens with zero attached hydrogens (tertiary/aromatic N) is 1. The predicted molar refractivity (Wildman–Crippen MR) is 93.3 cm³/mol. The van der Waals surface area contributed by atoms with E-state index < -0.39 is 5.78 Å². The summed E-state index contributed by atoms with van der Waals surface area (Å²) in [6.45, 7) is 0. The summed E-state index contributed by atoms with van der Waals surface area (Å²) in [6.07, 6.45) is 1.40. The monoisotopic (exact) mass is 387 g/mol. The van der Waals surface area contributed by atoms with Crippen LogP contribution in [0.1, 0.15) is 15.9 Å². The normalized spacial score (nSPS) is 10.8. The molecule has 0 aromatic heterocycles. The minimum atomic E-state index is -0.461. The molecule has 0 atom stereocenters. The van der Waals surface area contributed by atoms with Gasteiger partial charge in [-0.2, -0.15) is 5.26 Å². The number of Topliss-reactive ketones (excluding diaryl/α,β-unsaturated/α-hetero) is 1.